The smallest absolute Gasteiger partial charge is 0.227 e. The Hall–Kier alpha value is -1.66. The van der Waals surface area contributed by atoms with Gasteiger partial charge in [-0.25, -0.2) is 4.98 Å². The molecule has 0 unspecified atom stereocenters. The first-order valence-electron chi connectivity index (χ1n) is 6.49. The molecule has 0 aliphatic carbocycles. The normalized spacial score (nSPS) is 10.8. The number of benzene rings is 1. The van der Waals surface area contributed by atoms with Gasteiger partial charge in [-0.1, -0.05) is 34.1 Å². The Kier molecular flexibility index (Phi) is 4.07. The van der Waals surface area contributed by atoms with E-state index < -0.39 is 0 Å². The summed E-state index contributed by atoms with van der Waals surface area (Å²) in [4.78, 5) is 11.0. The number of thiophene rings is 1. The van der Waals surface area contributed by atoms with E-state index in [-0.39, 0.29) is 0 Å². The molecular formula is C15H14BrN3OS. The van der Waals surface area contributed by atoms with Gasteiger partial charge in [-0.15, -0.1) is 11.3 Å². The van der Waals surface area contributed by atoms with Crippen molar-refractivity contribution >= 4 is 43.4 Å². The van der Waals surface area contributed by atoms with Crippen LogP contribution in [-0.2, 0) is 6.61 Å². The third kappa shape index (κ3) is 3.01. The molecule has 0 amide bonds. The summed E-state index contributed by atoms with van der Waals surface area (Å²) in [6.45, 7) is 2.52. The molecule has 2 aromatic heterocycles. The summed E-state index contributed by atoms with van der Waals surface area (Å²) in [6.07, 6.45) is 0. The number of aromatic nitrogens is 2. The lowest BCUT2D eigenvalue weighted by Gasteiger charge is -2.09. The molecule has 0 fully saturated rings. The second-order valence-corrected chi connectivity index (χ2v) is 6.65. The lowest BCUT2D eigenvalue weighted by molar-refractivity contribution is 0.297. The molecule has 0 aliphatic rings. The van der Waals surface area contributed by atoms with Crippen LogP contribution < -0.4 is 10.1 Å². The van der Waals surface area contributed by atoms with Crippen molar-refractivity contribution in [2.45, 2.75) is 13.5 Å². The lowest BCUT2D eigenvalue weighted by atomic mass is 10.2. The number of ether oxygens (including phenoxy) is 1. The fourth-order valence-corrected chi connectivity index (χ4v) is 3.27. The van der Waals surface area contributed by atoms with Gasteiger partial charge in [0.1, 0.15) is 11.4 Å². The molecule has 6 heteroatoms. The van der Waals surface area contributed by atoms with Crippen LogP contribution in [-0.4, -0.2) is 17.0 Å². The van der Waals surface area contributed by atoms with Crippen molar-refractivity contribution in [3.8, 4) is 5.88 Å². The number of halogens is 1. The first-order chi connectivity index (χ1) is 10.2. The topological polar surface area (TPSA) is 47.0 Å². The molecule has 0 radical (unpaired) electrons. The number of rotatable bonds is 4. The molecule has 21 heavy (non-hydrogen) atoms. The minimum absolute atomic E-state index is 0.464. The van der Waals surface area contributed by atoms with Crippen molar-refractivity contribution < 1.29 is 4.74 Å². The van der Waals surface area contributed by atoms with Crippen molar-refractivity contribution in [1.29, 1.82) is 0 Å². The molecule has 0 aliphatic heterocycles. The monoisotopic (exact) mass is 363 g/mol. The molecule has 1 aromatic carbocycles. The van der Waals surface area contributed by atoms with E-state index in [0.717, 1.165) is 20.3 Å². The van der Waals surface area contributed by atoms with Gasteiger partial charge >= 0.3 is 0 Å². The van der Waals surface area contributed by atoms with E-state index >= 15 is 0 Å². The Morgan fingerprint density at radius 1 is 1.29 bits per heavy atom. The van der Waals surface area contributed by atoms with Gasteiger partial charge in [-0.05, 0) is 19.1 Å². The van der Waals surface area contributed by atoms with Gasteiger partial charge in [-0.3, -0.25) is 0 Å². The van der Waals surface area contributed by atoms with Gasteiger partial charge in [0.15, 0.2) is 0 Å². The molecule has 3 rings (SSSR count). The summed E-state index contributed by atoms with van der Waals surface area (Å²) in [7, 11) is 1.80. The average Bonchev–Trinajstić information content (AvgIpc) is 2.86. The molecule has 108 valence electrons. The Bertz CT molecular complexity index is 788. The van der Waals surface area contributed by atoms with E-state index in [0.29, 0.717) is 18.4 Å². The zero-order valence-corrected chi connectivity index (χ0v) is 14.1. The summed E-state index contributed by atoms with van der Waals surface area (Å²) in [5.74, 6) is 1.19. The zero-order valence-electron chi connectivity index (χ0n) is 11.7. The quantitative estimate of drug-likeness (QED) is 0.746. The molecular weight excluding hydrogens is 350 g/mol. The van der Waals surface area contributed by atoms with Crippen LogP contribution in [0.2, 0.25) is 0 Å². The fourth-order valence-electron chi connectivity index (χ4n) is 2.00. The van der Waals surface area contributed by atoms with Gasteiger partial charge in [-0.2, -0.15) is 4.98 Å². The maximum atomic E-state index is 5.93. The molecule has 3 aromatic rings. The Morgan fingerprint density at radius 2 is 2.10 bits per heavy atom. The van der Waals surface area contributed by atoms with Crippen LogP contribution in [0.5, 0.6) is 5.88 Å². The van der Waals surface area contributed by atoms with E-state index in [4.69, 9.17) is 4.74 Å². The fraction of sp³-hybridized carbons (Fsp3) is 0.200. The maximum absolute atomic E-state index is 5.93. The van der Waals surface area contributed by atoms with Gasteiger partial charge in [0, 0.05) is 22.0 Å². The van der Waals surface area contributed by atoms with Crippen LogP contribution in [0.3, 0.4) is 0 Å². The maximum Gasteiger partial charge on any atom is 0.227 e. The number of nitrogens with zero attached hydrogens (tertiary/aromatic N) is 2. The first kappa shape index (κ1) is 14.3. The third-order valence-electron chi connectivity index (χ3n) is 3.03. The minimum Gasteiger partial charge on any atom is -0.472 e. The molecule has 2 heterocycles. The van der Waals surface area contributed by atoms with Crippen LogP contribution in [0.1, 0.15) is 10.4 Å². The molecule has 1 N–H and O–H groups in total. The highest BCUT2D eigenvalue weighted by molar-refractivity contribution is 9.10. The number of fused-ring (bicyclic) bond motifs is 1. The standard InChI is InChI=1S/C15H14BrN3OS/c1-9-7-11-13(18-15(17-2)19-14(11)21-9)20-8-10-5-3-4-6-12(10)16/h3-7H,8H2,1-2H3,(H,17,18,19). The predicted molar refractivity (Wildman–Crippen MR) is 90.2 cm³/mol. The Balaban J connectivity index is 1.94. The number of aryl methyl sites for hydroxylation is 1. The summed E-state index contributed by atoms with van der Waals surface area (Å²) in [5.41, 5.74) is 1.09. The van der Waals surface area contributed by atoms with Crippen LogP contribution in [0.4, 0.5) is 5.95 Å². The third-order valence-corrected chi connectivity index (χ3v) is 4.74. The number of nitrogens with one attached hydrogen (secondary N) is 1. The molecule has 0 bridgehead atoms. The number of hydrogen-bond donors (Lipinski definition) is 1. The van der Waals surface area contributed by atoms with Gasteiger partial charge in [0.2, 0.25) is 11.8 Å². The van der Waals surface area contributed by atoms with Crippen molar-refractivity contribution in [1.82, 2.24) is 9.97 Å². The second-order valence-electron chi connectivity index (χ2n) is 4.56. The van der Waals surface area contributed by atoms with Crippen LogP contribution in [0.25, 0.3) is 10.2 Å². The van der Waals surface area contributed by atoms with E-state index in [1.807, 2.05) is 24.3 Å². The molecule has 0 saturated carbocycles. The van der Waals surface area contributed by atoms with Crippen molar-refractivity contribution in [3.05, 3.63) is 45.2 Å². The highest BCUT2D eigenvalue weighted by atomic mass is 79.9. The summed E-state index contributed by atoms with van der Waals surface area (Å²) in [5, 5.41) is 3.94. The van der Waals surface area contributed by atoms with Crippen molar-refractivity contribution in [2.75, 3.05) is 12.4 Å². The van der Waals surface area contributed by atoms with Gasteiger partial charge in [0.25, 0.3) is 0 Å². The molecule has 0 spiro atoms. The highest BCUT2D eigenvalue weighted by Crippen LogP contribution is 2.31. The van der Waals surface area contributed by atoms with E-state index in [9.17, 15) is 0 Å². The van der Waals surface area contributed by atoms with E-state index in [2.05, 4.69) is 44.2 Å². The molecule has 4 nitrogen and oxygen atoms in total. The zero-order chi connectivity index (χ0) is 14.8. The predicted octanol–water partition coefficient (Wildman–Crippen LogP) is 4.38. The summed E-state index contributed by atoms with van der Waals surface area (Å²) < 4.78 is 6.96. The molecule has 0 saturated heterocycles. The number of hydrogen-bond acceptors (Lipinski definition) is 5. The van der Waals surface area contributed by atoms with Crippen LogP contribution >= 0.6 is 27.3 Å². The van der Waals surface area contributed by atoms with E-state index in [1.165, 1.54) is 4.88 Å². The average molecular weight is 364 g/mol. The first-order valence-corrected chi connectivity index (χ1v) is 8.10. The summed E-state index contributed by atoms with van der Waals surface area (Å²) >= 11 is 5.17. The SMILES string of the molecule is CNc1nc(OCc2ccccc2Br)c2cc(C)sc2n1. The van der Waals surface area contributed by atoms with Crippen LogP contribution in [0.15, 0.2) is 34.8 Å². The largest absolute Gasteiger partial charge is 0.472 e. The minimum atomic E-state index is 0.464. The Morgan fingerprint density at radius 3 is 2.86 bits per heavy atom. The Labute approximate surface area is 135 Å². The second kappa shape index (κ2) is 5.99. The lowest BCUT2D eigenvalue weighted by Crippen LogP contribution is -2.02. The van der Waals surface area contributed by atoms with Crippen molar-refractivity contribution in [3.63, 3.8) is 0 Å². The van der Waals surface area contributed by atoms with Crippen molar-refractivity contribution in [2.24, 2.45) is 0 Å². The number of anilines is 1. The molecule has 0 atom stereocenters. The van der Waals surface area contributed by atoms with Gasteiger partial charge in [0.05, 0.1) is 5.39 Å². The van der Waals surface area contributed by atoms with Crippen LogP contribution in [0, 0.1) is 6.92 Å². The van der Waals surface area contributed by atoms with Gasteiger partial charge < -0.3 is 10.1 Å². The van der Waals surface area contributed by atoms with E-state index in [1.54, 1.807) is 18.4 Å². The summed E-state index contributed by atoms with van der Waals surface area (Å²) in [6, 6.07) is 10.1. The highest BCUT2D eigenvalue weighted by Gasteiger charge is 2.12.